The van der Waals surface area contributed by atoms with Crippen molar-refractivity contribution in [1.29, 1.82) is 0 Å². The molecular formula is C15H20O6. The molecule has 6 atom stereocenters. The number of esters is 1. The number of Topliss-reactive ketones (excluding diaryl/α,β-unsaturated/α-hetero) is 1. The molecule has 2 aliphatic heterocycles. The van der Waals surface area contributed by atoms with Crippen LogP contribution < -0.4 is 0 Å². The fraction of sp³-hybridized carbons (Fsp3) is 0.733. The van der Waals surface area contributed by atoms with Gasteiger partial charge in [-0.1, -0.05) is 13.0 Å². The third-order valence-corrected chi connectivity index (χ3v) is 5.35. The molecule has 0 aromatic rings. The Morgan fingerprint density at radius 2 is 2.05 bits per heavy atom. The summed E-state index contributed by atoms with van der Waals surface area (Å²) in [5.41, 5.74) is -0.744. The number of hydrogen-bond acceptors (Lipinski definition) is 6. The van der Waals surface area contributed by atoms with Crippen molar-refractivity contribution in [2.24, 2.45) is 17.3 Å². The molecule has 1 spiro atoms. The second-order valence-corrected chi connectivity index (χ2v) is 6.55. The molecule has 6 nitrogen and oxygen atoms in total. The average Bonchev–Trinajstić information content (AvgIpc) is 2.66. The number of allylic oxidation sites excluding steroid dienone is 1. The van der Waals surface area contributed by atoms with Gasteiger partial charge in [-0.25, -0.2) is 4.79 Å². The van der Waals surface area contributed by atoms with Gasteiger partial charge in [0.1, 0.15) is 6.10 Å². The van der Waals surface area contributed by atoms with Crippen LogP contribution in [0.2, 0.25) is 0 Å². The topological polar surface area (TPSA) is 93.1 Å². The maximum absolute atomic E-state index is 12.2. The minimum Gasteiger partial charge on any atom is -0.463 e. The number of carbonyl (C=O) groups is 2. The first-order chi connectivity index (χ1) is 9.72. The number of ether oxygens (including phenoxy) is 2. The Labute approximate surface area is 122 Å². The van der Waals surface area contributed by atoms with Crippen molar-refractivity contribution in [3.8, 4) is 0 Å². The molecule has 0 bridgehead atoms. The summed E-state index contributed by atoms with van der Waals surface area (Å²) >= 11 is 0. The summed E-state index contributed by atoms with van der Waals surface area (Å²) in [4.78, 5) is 24.2. The second kappa shape index (κ2) is 4.38. The normalized spacial score (nSPS) is 49.9. The van der Waals surface area contributed by atoms with Crippen LogP contribution in [0.3, 0.4) is 0 Å². The number of hydrogen-bond donors (Lipinski definition) is 2. The monoisotopic (exact) mass is 296 g/mol. The highest BCUT2D eigenvalue weighted by Gasteiger charge is 2.71. The molecule has 2 heterocycles. The molecular weight excluding hydrogens is 276 g/mol. The van der Waals surface area contributed by atoms with Gasteiger partial charge in [0.2, 0.25) is 0 Å². The first-order valence-corrected chi connectivity index (χ1v) is 7.18. The lowest BCUT2D eigenvalue weighted by Gasteiger charge is -2.48. The van der Waals surface area contributed by atoms with E-state index in [1.54, 1.807) is 13.0 Å². The predicted octanol–water partition coefficient (Wildman–Crippen LogP) is 0.169. The van der Waals surface area contributed by atoms with Crippen molar-refractivity contribution in [2.45, 2.75) is 45.2 Å². The molecule has 0 radical (unpaired) electrons. The number of aliphatic hydroxyl groups excluding tert-OH is 1. The zero-order chi connectivity index (χ0) is 15.6. The lowest BCUT2D eigenvalue weighted by Crippen LogP contribution is -2.60. The van der Waals surface area contributed by atoms with E-state index in [4.69, 9.17) is 9.47 Å². The van der Waals surface area contributed by atoms with Crippen LogP contribution in [0.5, 0.6) is 0 Å². The fourth-order valence-corrected chi connectivity index (χ4v) is 4.16. The Morgan fingerprint density at radius 1 is 1.38 bits per heavy atom. The molecule has 2 fully saturated rings. The Bertz CT molecular complexity index is 536. The van der Waals surface area contributed by atoms with Crippen LogP contribution in [0.4, 0.5) is 0 Å². The van der Waals surface area contributed by atoms with Crippen molar-refractivity contribution in [3.05, 3.63) is 11.6 Å². The highest BCUT2D eigenvalue weighted by molar-refractivity contribution is 6.00. The van der Waals surface area contributed by atoms with Gasteiger partial charge in [0.05, 0.1) is 12.0 Å². The molecule has 0 unspecified atom stereocenters. The van der Waals surface area contributed by atoms with Crippen LogP contribution in [0.25, 0.3) is 0 Å². The summed E-state index contributed by atoms with van der Waals surface area (Å²) in [6.07, 6.45) is -0.335. The van der Waals surface area contributed by atoms with Crippen LogP contribution >= 0.6 is 0 Å². The van der Waals surface area contributed by atoms with E-state index in [0.717, 1.165) is 0 Å². The molecule has 0 saturated carbocycles. The lowest BCUT2D eigenvalue weighted by molar-refractivity contribution is -0.247. The van der Waals surface area contributed by atoms with Gasteiger partial charge in [0.25, 0.3) is 0 Å². The van der Waals surface area contributed by atoms with Gasteiger partial charge in [0, 0.05) is 5.92 Å². The molecule has 3 rings (SSSR count). The molecule has 2 saturated heterocycles. The van der Waals surface area contributed by atoms with Crippen LogP contribution in [0.1, 0.15) is 27.2 Å². The Balaban J connectivity index is 2.15. The SMILES string of the molecule is CC1=CC[C@@]2([C@H]3[C@H](C)COC(=O)[C@H]3O[C@@]2(C)O)[C@H](O)C1=O. The average molecular weight is 296 g/mol. The zero-order valence-corrected chi connectivity index (χ0v) is 12.3. The molecule has 2 N–H and O–H groups in total. The van der Waals surface area contributed by atoms with Crippen molar-refractivity contribution < 1.29 is 29.3 Å². The fourth-order valence-electron chi connectivity index (χ4n) is 4.16. The van der Waals surface area contributed by atoms with Crippen molar-refractivity contribution >= 4 is 11.8 Å². The second-order valence-electron chi connectivity index (χ2n) is 6.55. The highest BCUT2D eigenvalue weighted by atomic mass is 16.7. The summed E-state index contributed by atoms with van der Waals surface area (Å²) in [5.74, 6) is -3.31. The summed E-state index contributed by atoms with van der Waals surface area (Å²) in [6, 6.07) is 0. The van der Waals surface area contributed by atoms with E-state index in [2.05, 4.69) is 0 Å². The van der Waals surface area contributed by atoms with Gasteiger partial charge in [-0.3, -0.25) is 4.79 Å². The highest BCUT2D eigenvalue weighted by Crippen LogP contribution is 2.59. The largest absolute Gasteiger partial charge is 0.463 e. The van der Waals surface area contributed by atoms with Crippen LogP contribution in [0.15, 0.2) is 11.6 Å². The molecule has 3 aliphatic rings. The summed E-state index contributed by atoms with van der Waals surface area (Å²) < 4.78 is 10.6. The van der Waals surface area contributed by atoms with E-state index in [1.807, 2.05) is 6.92 Å². The maximum atomic E-state index is 12.2. The quantitative estimate of drug-likeness (QED) is 0.619. The van der Waals surface area contributed by atoms with Gasteiger partial charge < -0.3 is 19.7 Å². The number of carbonyl (C=O) groups excluding carboxylic acids is 2. The molecule has 6 heteroatoms. The van der Waals surface area contributed by atoms with Gasteiger partial charge in [0.15, 0.2) is 17.7 Å². The predicted molar refractivity (Wildman–Crippen MR) is 70.9 cm³/mol. The van der Waals surface area contributed by atoms with Crippen molar-refractivity contribution in [3.63, 3.8) is 0 Å². The maximum Gasteiger partial charge on any atom is 0.335 e. The smallest absolute Gasteiger partial charge is 0.335 e. The summed E-state index contributed by atoms with van der Waals surface area (Å²) in [7, 11) is 0. The van der Waals surface area contributed by atoms with E-state index >= 15 is 0 Å². The van der Waals surface area contributed by atoms with Gasteiger partial charge >= 0.3 is 5.97 Å². The first kappa shape index (κ1) is 14.7. The molecule has 0 aromatic heterocycles. The third-order valence-electron chi connectivity index (χ3n) is 5.35. The summed E-state index contributed by atoms with van der Waals surface area (Å²) in [5, 5.41) is 21.3. The zero-order valence-electron chi connectivity index (χ0n) is 12.3. The van der Waals surface area contributed by atoms with E-state index in [9.17, 15) is 19.8 Å². The number of ketones is 1. The Morgan fingerprint density at radius 3 is 2.71 bits per heavy atom. The molecule has 1 aliphatic carbocycles. The van der Waals surface area contributed by atoms with Gasteiger partial charge in [-0.15, -0.1) is 0 Å². The van der Waals surface area contributed by atoms with Crippen LogP contribution in [0, 0.1) is 17.3 Å². The number of aliphatic hydroxyl groups is 2. The van der Waals surface area contributed by atoms with E-state index in [-0.39, 0.29) is 18.9 Å². The number of cyclic esters (lactones) is 1. The number of fused-ring (bicyclic) bond motifs is 2. The van der Waals surface area contributed by atoms with Crippen molar-refractivity contribution in [1.82, 2.24) is 0 Å². The third kappa shape index (κ3) is 1.69. The Kier molecular flexibility index (Phi) is 3.06. The van der Waals surface area contributed by atoms with Crippen LogP contribution in [-0.4, -0.2) is 46.6 Å². The van der Waals surface area contributed by atoms with Crippen LogP contribution in [-0.2, 0) is 19.1 Å². The summed E-state index contributed by atoms with van der Waals surface area (Å²) in [6.45, 7) is 5.12. The van der Waals surface area contributed by atoms with E-state index in [0.29, 0.717) is 5.57 Å². The minimum atomic E-state index is -1.77. The molecule has 0 amide bonds. The lowest BCUT2D eigenvalue weighted by atomic mass is 9.57. The van der Waals surface area contributed by atoms with Crippen molar-refractivity contribution in [2.75, 3.05) is 6.61 Å². The molecule has 0 aromatic carbocycles. The van der Waals surface area contributed by atoms with Gasteiger partial charge in [-0.2, -0.15) is 0 Å². The van der Waals surface area contributed by atoms with E-state index < -0.39 is 41.1 Å². The Hall–Kier alpha value is -1.24. The van der Waals surface area contributed by atoms with Gasteiger partial charge in [-0.05, 0) is 31.8 Å². The first-order valence-electron chi connectivity index (χ1n) is 7.18. The number of rotatable bonds is 0. The minimum absolute atomic E-state index is 0.115. The van der Waals surface area contributed by atoms with E-state index in [1.165, 1.54) is 6.92 Å². The molecule has 21 heavy (non-hydrogen) atoms. The standard InChI is InChI=1S/C15H20O6/c1-7-4-5-15(12(17)10(7)16)9-8(2)6-20-13(18)11(9)21-14(15,3)19/h4,8-9,11-12,17,19H,5-6H2,1-3H3/t8-,9+,11+,12-,14-,15-/m1/s1. The molecule has 116 valence electrons.